The lowest BCUT2D eigenvalue weighted by molar-refractivity contribution is -0.133. The molecule has 0 fully saturated rings. The zero-order valence-corrected chi connectivity index (χ0v) is 12.1. The van der Waals surface area contributed by atoms with Crippen LogP contribution in [0.5, 0.6) is 5.75 Å². The molecule has 0 aliphatic carbocycles. The third-order valence-electron chi connectivity index (χ3n) is 2.32. The molecule has 1 aromatic heterocycles. The van der Waals surface area contributed by atoms with Gasteiger partial charge in [-0.05, 0) is 18.2 Å². The van der Waals surface area contributed by atoms with Gasteiger partial charge in [-0.1, -0.05) is 16.8 Å². The molecule has 1 aromatic carbocycles. The molecule has 2 aromatic rings. The monoisotopic (exact) mass is 314 g/mol. The Labute approximate surface area is 124 Å². The van der Waals surface area contributed by atoms with Gasteiger partial charge in [-0.25, -0.2) is 0 Å². The van der Waals surface area contributed by atoms with Gasteiger partial charge >= 0.3 is 5.97 Å². The Bertz CT molecular complexity index is 617. The van der Waals surface area contributed by atoms with E-state index in [1.54, 1.807) is 18.2 Å². The summed E-state index contributed by atoms with van der Waals surface area (Å²) in [4.78, 5) is 14.6. The lowest BCUT2D eigenvalue weighted by atomic mass is 10.2. The van der Waals surface area contributed by atoms with Crippen molar-refractivity contribution >= 4 is 29.3 Å². The number of carboxylic acid groups (broad SMARTS) is 1. The highest BCUT2D eigenvalue weighted by Gasteiger charge is 2.14. The largest absolute Gasteiger partial charge is 0.496 e. The van der Waals surface area contributed by atoms with Gasteiger partial charge in [0.05, 0.1) is 24.2 Å². The number of methoxy groups -OCH3 is 1. The summed E-state index contributed by atoms with van der Waals surface area (Å²) >= 11 is 7.07. The van der Waals surface area contributed by atoms with Crippen molar-refractivity contribution in [3.8, 4) is 17.1 Å². The van der Waals surface area contributed by atoms with Crippen LogP contribution in [0, 0.1) is 0 Å². The van der Waals surface area contributed by atoms with Crippen LogP contribution < -0.4 is 4.74 Å². The molecule has 0 spiro atoms. The number of ether oxygens (including phenoxy) is 1. The van der Waals surface area contributed by atoms with Crippen molar-refractivity contribution in [1.82, 2.24) is 10.1 Å². The number of carboxylic acids is 1. The van der Waals surface area contributed by atoms with Crippen LogP contribution in [0.3, 0.4) is 0 Å². The summed E-state index contributed by atoms with van der Waals surface area (Å²) in [5.74, 6) is 0.738. The summed E-state index contributed by atoms with van der Waals surface area (Å²) in [7, 11) is 1.53. The Morgan fingerprint density at radius 1 is 1.55 bits per heavy atom. The van der Waals surface area contributed by atoms with Gasteiger partial charge in [0, 0.05) is 5.02 Å². The fourth-order valence-electron chi connectivity index (χ4n) is 1.50. The van der Waals surface area contributed by atoms with Gasteiger partial charge in [0.25, 0.3) is 0 Å². The van der Waals surface area contributed by atoms with Crippen LogP contribution >= 0.6 is 23.4 Å². The maximum atomic E-state index is 10.4. The highest BCUT2D eigenvalue weighted by molar-refractivity contribution is 7.99. The molecule has 8 heteroatoms. The zero-order valence-electron chi connectivity index (χ0n) is 10.5. The summed E-state index contributed by atoms with van der Waals surface area (Å²) in [5.41, 5.74) is 0.662. The lowest BCUT2D eigenvalue weighted by Gasteiger charge is -2.04. The van der Waals surface area contributed by atoms with E-state index in [2.05, 4.69) is 10.1 Å². The van der Waals surface area contributed by atoms with E-state index in [-0.39, 0.29) is 5.75 Å². The maximum Gasteiger partial charge on any atom is 0.313 e. The van der Waals surface area contributed by atoms with Crippen LogP contribution in [0.4, 0.5) is 0 Å². The summed E-state index contributed by atoms with van der Waals surface area (Å²) in [6.45, 7) is 0. The maximum absolute atomic E-state index is 10.4. The molecule has 0 unspecified atom stereocenters. The molecule has 0 aliphatic heterocycles. The number of rotatable bonds is 6. The molecule has 1 N–H and O–H groups in total. The smallest absolute Gasteiger partial charge is 0.313 e. The van der Waals surface area contributed by atoms with Crippen LogP contribution in [-0.4, -0.2) is 34.1 Å². The Morgan fingerprint density at radius 2 is 2.35 bits per heavy atom. The Balaban J connectivity index is 2.14. The molecule has 106 valence electrons. The van der Waals surface area contributed by atoms with Gasteiger partial charge < -0.3 is 14.4 Å². The first-order valence-corrected chi connectivity index (χ1v) is 7.09. The fraction of sp³-hybridized carbons (Fsp3) is 0.250. The molecule has 6 nitrogen and oxygen atoms in total. The van der Waals surface area contributed by atoms with Crippen LogP contribution in [0.15, 0.2) is 22.7 Å². The highest BCUT2D eigenvalue weighted by Crippen LogP contribution is 2.30. The average Bonchev–Trinajstić information content (AvgIpc) is 2.86. The quantitative estimate of drug-likeness (QED) is 0.877. The number of thioether (sulfide) groups is 1. The van der Waals surface area contributed by atoms with Crippen molar-refractivity contribution < 1.29 is 19.2 Å². The normalized spacial score (nSPS) is 10.5. The number of benzene rings is 1. The van der Waals surface area contributed by atoms with E-state index in [4.69, 9.17) is 26.0 Å². The van der Waals surface area contributed by atoms with Crippen molar-refractivity contribution in [3.63, 3.8) is 0 Å². The second kappa shape index (κ2) is 6.62. The molecule has 0 bridgehead atoms. The molecular formula is C12H11ClN2O4S. The van der Waals surface area contributed by atoms with E-state index in [1.165, 1.54) is 18.9 Å². The predicted octanol–water partition coefficient (Wildman–Crippen LogP) is 2.72. The Morgan fingerprint density at radius 3 is 3.05 bits per heavy atom. The summed E-state index contributed by atoms with van der Waals surface area (Å²) in [6, 6.07) is 5.10. The van der Waals surface area contributed by atoms with E-state index in [0.717, 1.165) is 0 Å². The topological polar surface area (TPSA) is 85.5 Å². The summed E-state index contributed by atoms with van der Waals surface area (Å²) < 4.78 is 10.3. The number of aliphatic carboxylic acids is 1. The first-order valence-electron chi connectivity index (χ1n) is 5.56. The van der Waals surface area contributed by atoms with Gasteiger partial charge in [-0.3, -0.25) is 4.79 Å². The summed E-state index contributed by atoms with van der Waals surface area (Å²) in [5, 5.41) is 13.0. The van der Waals surface area contributed by atoms with Crippen molar-refractivity contribution in [2.75, 3.05) is 12.9 Å². The van der Waals surface area contributed by atoms with Crippen molar-refractivity contribution in [1.29, 1.82) is 0 Å². The summed E-state index contributed by atoms with van der Waals surface area (Å²) in [6.07, 6.45) is 0. The minimum absolute atomic E-state index is 0.0119. The average molecular weight is 315 g/mol. The fourth-order valence-corrected chi connectivity index (χ4v) is 2.23. The molecular weight excluding hydrogens is 304 g/mol. The molecule has 0 atom stereocenters. The molecule has 20 heavy (non-hydrogen) atoms. The van der Waals surface area contributed by atoms with E-state index in [0.29, 0.717) is 33.8 Å². The first-order chi connectivity index (χ1) is 9.60. The lowest BCUT2D eigenvalue weighted by Crippen LogP contribution is -1.98. The van der Waals surface area contributed by atoms with E-state index in [9.17, 15) is 4.79 Å². The van der Waals surface area contributed by atoms with Gasteiger partial charge in [-0.15, -0.1) is 11.8 Å². The molecule has 1 heterocycles. The zero-order chi connectivity index (χ0) is 14.5. The van der Waals surface area contributed by atoms with Gasteiger partial charge in [0.2, 0.25) is 11.7 Å². The number of hydrogen-bond donors (Lipinski definition) is 1. The third-order valence-corrected chi connectivity index (χ3v) is 3.46. The molecule has 2 rings (SSSR count). The molecule has 0 saturated heterocycles. The molecule has 0 saturated carbocycles. The van der Waals surface area contributed by atoms with Crippen LogP contribution in [-0.2, 0) is 10.5 Å². The van der Waals surface area contributed by atoms with Crippen molar-refractivity contribution in [2.24, 2.45) is 0 Å². The van der Waals surface area contributed by atoms with Crippen LogP contribution in [0.25, 0.3) is 11.4 Å². The van der Waals surface area contributed by atoms with Gasteiger partial charge in [0.1, 0.15) is 5.75 Å². The van der Waals surface area contributed by atoms with Crippen molar-refractivity contribution in [3.05, 3.63) is 29.1 Å². The molecule has 0 aliphatic rings. The second-order valence-electron chi connectivity index (χ2n) is 3.74. The van der Waals surface area contributed by atoms with E-state index < -0.39 is 5.97 Å². The number of halogens is 1. The number of nitrogens with zero attached hydrogens (tertiary/aromatic N) is 2. The Hall–Kier alpha value is -1.73. The number of carbonyl (C=O) groups is 1. The minimum atomic E-state index is -0.880. The second-order valence-corrected chi connectivity index (χ2v) is 5.16. The SMILES string of the molecule is COc1cc(Cl)ccc1-c1noc(CSCC(=O)O)n1. The number of hydrogen-bond acceptors (Lipinski definition) is 6. The van der Waals surface area contributed by atoms with Gasteiger partial charge in [-0.2, -0.15) is 4.98 Å². The first kappa shape index (κ1) is 14.7. The van der Waals surface area contributed by atoms with E-state index in [1.807, 2.05) is 0 Å². The number of aromatic nitrogens is 2. The molecule has 0 radical (unpaired) electrons. The van der Waals surface area contributed by atoms with E-state index >= 15 is 0 Å². The minimum Gasteiger partial charge on any atom is -0.496 e. The molecule has 0 amide bonds. The highest BCUT2D eigenvalue weighted by atomic mass is 35.5. The third kappa shape index (κ3) is 3.64. The predicted molar refractivity (Wildman–Crippen MR) is 75.1 cm³/mol. The Kier molecular flexibility index (Phi) is 4.86. The van der Waals surface area contributed by atoms with Crippen LogP contribution in [0.2, 0.25) is 5.02 Å². The van der Waals surface area contributed by atoms with Gasteiger partial charge in [0.15, 0.2) is 0 Å². The standard InChI is InChI=1S/C12H11ClN2O4S/c1-18-9-4-7(13)2-3-8(9)12-14-10(19-15-12)5-20-6-11(16)17/h2-4H,5-6H2,1H3,(H,16,17). The van der Waals surface area contributed by atoms with Crippen LogP contribution in [0.1, 0.15) is 5.89 Å². The van der Waals surface area contributed by atoms with Crippen molar-refractivity contribution in [2.45, 2.75) is 5.75 Å².